The van der Waals surface area contributed by atoms with Crippen molar-refractivity contribution in [3.63, 3.8) is 0 Å². The average Bonchev–Trinajstić information content (AvgIpc) is 3.13. The van der Waals surface area contributed by atoms with Gasteiger partial charge in [0.15, 0.2) is 12.1 Å². The van der Waals surface area contributed by atoms with Crippen molar-refractivity contribution in [3.8, 4) is 0 Å². The van der Waals surface area contributed by atoms with E-state index in [1.807, 2.05) is 26.0 Å². The number of nitrogens with zero attached hydrogens (tertiary/aromatic N) is 4. The van der Waals surface area contributed by atoms with Crippen LogP contribution in [0.2, 0.25) is 5.02 Å². The van der Waals surface area contributed by atoms with Crippen LogP contribution in [0.5, 0.6) is 0 Å². The van der Waals surface area contributed by atoms with Crippen LogP contribution < -0.4 is 4.90 Å². The van der Waals surface area contributed by atoms with Crippen molar-refractivity contribution < 1.29 is 9.59 Å². The van der Waals surface area contributed by atoms with E-state index >= 15 is 0 Å². The van der Waals surface area contributed by atoms with Gasteiger partial charge in [0.2, 0.25) is 0 Å². The standard InChI is InChI=1S/C19H17ClN4O2/c1-11-3-4-12(2)13(9-11)10-23-17-16(21-22-23)18(25)24(19(17)26)15-7-5-14(20)6-8-15/h3-9,16-17H,10H2,1-2H3/t16-,17+/m0/s1. The molecule has 2 aromatic rings. The molecule has 7 heteroatoms. The van der Waals surface area contributed by atoms with Crippen LogP contribution in [0.1, 0.15) is 16.7 Å². The molecule has 2 aliphatic rings. The van der Waals surface area contributed by atoms with E-state index < -0.39 is 12.1 Å². The quantitative estimate of drug-likeness (QED) is 0.779. The van der Waals surface area contributed by atoms with Gasteiger partial charge in [-0.1, -0.05) is 40.6 Å². The molecule has 2 amide bonds. The van der Waals surface area contributed by atoms with Crippen molar-refractivity contribution in [2.24, 2.45) is 10.3 Å². The highest BCUT2D eigenvalue weighted by atomic mass is 35.5. The Balaban J connectivity index is 1.62. The fourth-order valence-electron chi connectivity index (χ4n) is 3.34. The largest absolute Gasteiger partial charge is 0.271 e. The number of rotatable bonds is 3. The molecule has 4 rings (SSSR count). The van der Waals surface area contributed by atoms with Gasteiger partial charge < -0.3 is 0 Å². The Morgan fingerprint density at radius 1 is 1.04 bits per heavy atom. The highest BCUT2D eigenvalue weighted by Crippen LogP contribution is 2.33. The van der Waals surface area contributed by atoms with E-state index in [0.29, 0.717) is 17.3 Å². The van der Waals surface area contributed by atoms with Crippen LogP contribution in [0, 0.1) is 13.8 Å². The van der Waals surface area contributed by atoms with Gasteiger partial charge in [0, 0.05) is 5.02 Å². The van der Waals surface area contributed by atoms with Crippen LogP contribution in [0.4, 0.5) is 5.69 Å². The third-order valence-electron chi connectivity index (χ3n) is 4.78. The molecule has 2 aromatic carbocycles. The number of hydrogen-bond acceptors (Lipinski definition) is 5. The van der Waals surface area contributed by atoms with Crippen LogP contribution in [0.25, 0.3) is 0 Å². The van der Waals surface area contributed by atoms with Crippen LogP contribution in [-0.2, 0) is 16.1 Å². The van der Waals surface area contributed by atoms with E-state index in [2.05, 4.69) is 16.4 Å². The second-order valence-electron chi connectivity index (χ2n) is 6.61. The van der Waals surface area contributed by atoms with Gasteiger partial charge in [0.05, 0.1) is 12.2 Å². The van der Waals surface area contributed by atoms with Gasteiger partial charge >= 0.3 is 0 Å². The van der Waals surface area contributed by atoms with Gasteiger partial charge in [-0.05, 0) is 49.2 Å². The summed E-state index contributed by atoms with van der Waals surface area (Å²) in [6.07, 6.45) is 0. The summed E-state index contributed by atoms with van der Waals surface area (Å²) in [6.45, 7) is 4.47. The highest BCUT2D eigenvalue weighted by Gasteiger charge is 2.54. The minimum absolute atomic E-state index is 0.308. The molecule has 0 unspecified atom stereocenters. The zero-order valence-electron chi connectivity index (χ0n) is 14.4. The summed E-state index contributed by atoms with van der Waals surface area (Å²) in [5.74, 6) is -0.660. The highest BCUT2D eigenvalue weighted by molar-refractivity contribution is 6.31. The predicted octanol–water partition coefficient (Wildman–Crippen LogP) is 3.45. The summed E-state index contributed by atoms with van der Waals surface area (Å²) in [6, 6.07) is 11.3. The molecule has 0 bridgehead atoms. The molecule has 2 aliphatic heterocycles. The number of fused-ring (bicyclic) bond motifs is 1. The van der Waals surface area contributed by atoms with E-state index in [-0.39, 0.29) is 11.8 Å². The summed E-state index contributed by atoms with van der Waals surface area (Å²) in [7, 11) is 0. The molecule has 0 saturated carbocycles. The van der Waals surface area contributed by atoms with Gasteiger partial charge in [-0.25, -0.2) is 4.90 Å². The Hall–Kier alpha value is -2.73. The summed E-state index contributed by atoms with van der Waals surface area (Å²) >= 11 is 5.90. The number of benzene rings is 2. The Bertz CT molecular complexity index is 926. The number of imide groups is 1. The third-order valence-corrected chi connectivity index (χ3v) is 5.03. The summed E-state index contributed by atoms with van der Waals surface area (Å²) in [5.41, 5.74) is 3.81. The molecular weight excluding hydrogens is 352 g/mol. The minimum atomic E-state index is -0.789. The molecule has 0 radical (unpaired) electrons. The number of anilines is 1. The molecule has 0 spiro atoms. The van der Waals surface area contributed by atoms with Crippen LogP contribution in [0.15, 0.2) is 52.8 Å². The first-order chi connectivity index (χ1) is 12.5. The lowest BCUT2D eigenvalue weighted by molar-refractivity contribution is -0.123. The predicted molar refractivity (Wildman–Crippen MR) is 97.8 cm³/mol. The summed E-state index contributed by atoms with van der Waals surface area (Å²) < 4.78 is 0. The first-order valence-electron chi connectivity index (χ1n) is 8.32. The molecule has 0 aliphatic carbocycles. The topological polar surface area (TPSA) is 65.3 Å². The molecule has 26 heavy (non-hydrogen) atoms. The van der Waals surface area contributed by atoms with Crippen LogP contribution in [0.3, 0.4) is 0 Å². The van der Waals surface area contributed by atoms with Crippen molar-refractivity contribution in [1.82, 2.24) is 5.01 Å². The lowest BCUT2D eigenvalue weighted by atomic mass is 10.0. The third kappa shape index (κ3) is 2.66. The zero-order valence-corrected chi connectivity index (χ0v) is 15.1. The summed E-state index contributed by atoms with van der Waals surface area (Å²) in [4.78, 5) is 26.8. The average molecular weight is 369 g/mol. The SMILES string of the molecule is Cc1ccc(C)c(CN2N=N[C@@H]3C(=O)N(c4ccc(Cl)cc4)C(=O)[C@@H]32)c1. The number of carbonyl (C=O) groups is 2. The van der Waals surface area contributed by atoms with Gasteiger partial charge in [0.1, 0.15) is 0 Å². The number of aryl methyl sites for hydroxylation is 2. The molecule has 1 fully saturated rings. The Morgan fingerprint density at radius 3 is 2.50 bits per heavy atom. The smallest absolute Gasteiger partial charge is 0.263 e. The van der Waals surface area contributed by atoms with E-state index in [1.54, 1.807) is 29.3 Å². The monoisotopic (exact) mass is 368 g/mol. The maximum Gasteiger partial charge on any atom is 0.263 e. The van der Waals surface area contributed by atoms with Crippen molar-refractivity contribution in [2.75, 3.05) is 4.90 Å². The van der Waals surface area contributed by atoms with Crippen LogP contribution in [-0.4, -0.2) is 28.9 Å². The molecule has 132 valence electrons. The molecule has 0 N–H and O–H groups in total. The Morgan fingerprint density at radius 2 is 1.77 bits per heavy atom. The molecule has 0 aromatic heterocycles. The normalized spacial score (nSPS) is 21.7. The van der Waals surface area contributed by atoms with Crippen molar-refractivity contribution in [1.29, 1.82) is 0 Å². The van der Waals surface area contributed by atoms with E-state index in [1.165, 1.54) is 4.90 Å². The lowest BCUT2D eigenvalue weighted by Crippen LogP contribution is -2.39. The number of hydrogen-bond donors (Lipinski definition) is 0. The number of halogens is 1. The fourth-order valence-corrected chi connectivity index (χ4v) is 3.47. The minimum Gasteiger partial charge on any atom is -0.271 e. The van der Waals surface area contributed by atoms with Gasteiger partial charge in [-0.2, -0.15) is 5.11 Å². The molecule has 2 heterocycles. The summed E-state index contributed by atoms with van der Waals surface area (Å²) in [5, 5.41) is 10.3. The van der Waals surface area contributed by atoms with E-state index in [0.717, 1.165) is 16.7 Å². The van der Waals surface area contributed by atoms with Crippen molar-refractivity contribution in [3.05, 3.63) is 64.2 Å². The second-order valence-corrected chi connectivity index (χ2v) is 7.05. The van der Waals surface area contributed by atoms with Gasteiger partial charge in [-0.3, -0.25) is 14.6 Å². The molecule has 1 saturated heterocycles. The molecule has 2 atom stereocenters. The lowest BCUT2D eigenvalue weighted by Gasteiger charge is -2.21. The molecular formula is C19H17ClN4O2. The maximum absolute atomic E-state index is 12.9. The maximum atomic E-state index is 12.9. The second kappa shape index (κ2) is 6.21. The van der Waals surface area contributed by atoms with Crippen molar-refractivity contribution in [2.45, 2.75) is 32.5 Å². The van der Waals surface area contributed by atoms with Crippen molar-refractivity contribution >= 4 is 29.1 Å². The van der Waals surface area contributed by atoms with E-state index in [9.17, 15) is 9.59 Å². The number of carbonyl (C=O) groups excluding carboxylic acids is 2. The Labute approximate surface area is 156 Å². The zero-order chi connectivity index (χ0) is 18.4. The van der Waals surface area contributed by atoms with Crippen LogP contribution >= 0.6 is 11.6 Å². The van der Waals surface area contributed by atoms with E-state index in [4.69, 9.17) is 11.6 Å². The first kappa shape index (κ1) is 16.7. The fraction of sp³-hybridized carbons (Fsp3) is 0.263. The van der Waals surface area contributed by atoms with Gasteiger partial charge in [0.25, 0.3) is 11.8 Å². The number of amides is 2. The molecule has 6 nitrogen and oxygen atoms in total. The van der Waals surface area contributed by atoms with Gasteiger partial charge in [-0.15, -0.1) is 0 Å². The Kier molecular flexibility index (Phi) is 4.00. The first-order valence-corrected chi connectivity index (χ1v) is 8.70.